The molecule has 3 heterocycles. The number of aryl methyl sites for hydroxylation is 1. The van der Waals surface area contributed by atoms with Crippen molar-refractivity contribution in [1.82, 2.24) is 14.8 Å². The van der Waals surface area contributed by atoms with Crippen LogP contribution in [0.15, 0.2) is 24.4 Å². The predicted octanol–water partition coefficient (Wildman–Crippen LogP) is 3.08. The number of hydrogen-bond acceptors (Lipinski definition) is 7. The summed E-state index contributed by atoms with van der Waals surface area (Å²) in [5.74, 6) is -1.27. The van der Waals surface area contributed by atoms with Crippen molar-refractivity contribution in [3.05, 3.63) is 41.7 Å². The van der Waals surface area contributed by atoms with Crippen LogP contribution in [0.25, 0.3) is 10.6 Å². The van der Waals surface area contributed by atoms with Gasteiger partial charge in [0.05, 0.1) is 11.8 Å². The monoisotopic (exact) mass is 461 g/mol. The third kappa shape index (κ3) is 5.04. The van der Waals surface area contributed by atoms with Crippen molar-refractivity contribution in [2.75, 3.05) is 36.1 Å². The molecule has 2 aromatic heterocycles. The molecule has 1 aromatic carbocycles. The van der Waals surface area contributed by atoms with Gasteiger partial charge in [0.1, 0.15) is 27.3 Å². The largest absolute Gasteiger partial charge is 0.389 e. The molecule has 1 aliphatic rings. The van der Waals surface area contributed by atoms with E-state index in [1.807, 2.05) is 0 Å². The minimum Gasteiger partial charge on any atom is -0.389 e. The Hall–Kier alpha value is -3.49. The third-order valence-electron chi connectivity index (χ3n) is 4.61. The van der Waals surface area contributed by atoms with Crippen LogP contribution in [-0.2, 0) is 7.05 Å². The van der Waals surface area contributed by atoms with E-state index >= 15 is 0 Å². The zero-order valence-electron chi connectivity index (χ0n) is 17.8. The van der Waals surface area contributed by atoms with Crippen LogP contribution in [0, 0.1) is 24.5 Å². The Labute approximate surface area is 189 Å². The van der Waals surface area contributed by atoms with Gasteiger partial charge in [0.25, 0.3) is 5.91 Å². The summed E-state index contributed by atoms with van der Waals surface area (Å²) in [4.78, 5) is 19.0. The summed E-state index contributed by atoms with van der Waals surface area (Å²) in [6.45, 7) is 1.77. The standard InChI is InChI=1S/C18H18F2N6OS.C2H2.CH5N/c1-25-18(26-7-2-3-8-26)12(9-22-25)23-16(27)14-15(21)28-17(24-14)13-10(19)5-4-6-11(13)20;2*1-2/h4-6,9H,2-3,7-8,21H2,1H3,(H,23,27);1-2H;2H2,1H3. The second-order valence-electron chi connectivity index (χ2n) is 6.48. The van der Waals surface area contributed by atoms with Gasteiger partial charge in [-0.25, -0.2) is 13.8 Å². The van der Waals surface area contributed by atoms with E-state index in [0.717, 1.165) is 55.2 Å². The van der Waals surface area contributed by atoms with Gasteiger partial charge in [0.2, 0.25) is 0 Å². The number of thiazole rings is 1. The second kappa shape index (κ2) is 11.2. The van der Waals surface area contributed by atoms with E-state index in [4.69, 9.17) is 5.73 Å². The van der Waals surface area contributed by atoms with Crippen LogP contribution in [-0.4, -0.2) is 40.8 Å². The van der Waals surface area contributed by atoms with E-state index in [9.17, 15) is 13.6 Å². The van der Waals surface area contributed by atoms with Crippen molar-refractivity contribution < 1.29 is 13.6 Å². The highest BCUT2D eigenvalue weighted by molar-refractivity contribution is 7.19. The molecule has 0 radical (unpaired) electrons. The molecule has 32 heavy (non-hydrogen) atoms. The minimum atomic E-state index is -0.760. The Balaban J connectivity index is 0.000000860. The lowest BCUT2D eigenvalue weighted by molar-refractivity contribution is 0.102. The Morgan fingerprint density at radius 3 is 2.38 bits per heavy atom. The van der Waals surface area contributed by atoms with Crippen molar-refractivity contribution in [2.24, 2.45) is 12.8 Å². The van der Waals surface area contributed by atoms with Crippen molar-refractivity contribution in [3.63, 3.8) is 0 Å². The maximum Gasteiger partial charge on any atom is 0.277 e. The first-order valence-corrected chi connectivity index (χ1v) is 10.5. The highest BCUT2D eigenvalue weighted by Gasteiger charge is 2.25. The Morgan fingerprint density at radius 2 is 1.78 bits per heavy atom. The summed E-state index contributed by atoms with van der Waals surface area (Å²) < 4.78 is 29.7. The van der Waals surface area contributed by atoms with Gasteiger partial charge in [-0.15, -0.1) is 12.8 Å². The molecular formula is C21H25F2N7OS. The molecule has 4 rings (SSSR count). The fourth-order valence-corrected chi connectivity index (χ4v) is 4.19. The number of carbonyl (C=O) groups excluding carboxylic acids is 1. The number of nitrogens with two attached hydrogens (primary N) is 2. The van der Waals surface area contributed by atoms with Crippen LogP contribution in [0.1, 0.15) is 23.3 Å². The zero-order chi connectivity index (χ0) is 23.8. The van der Waals surface area contributed by atoms with Crippen LogP contribution in [0.5, 0.6) is 0 Å². The molecule has 1 amide bonds. The molecule has 0 aliphatic carbocycles. The third-order valence-corrected chi connectivity index (χ3v) is 5.51. The molecular weight excluding hydrogens is 436 g/mol. The number of aromatic nitrogens is 3. The first-order valence-electron chi connectivity index (χ1n) is 9.65. The highest BCUT2D eigenvalue weighted by atomic mass is 32.1. The van der Waals surface area contributed by atoms with Crippen LogP contribution >= 0.6 is 11.3 Å². The molecule has 0 atom stereocenters. The maximum absolute atomic E-state index is 14.0. The van der Waals surface area contributed by atoms with Crippen LogP contribution in [0.4, 0.5) is 25.3 Å². The summed E-state index contributed by atoms with van der Waals surface area (Å²) >= 11 is 0.864. The average molecular weight is 462 g/mol. The molecule has 1 aliphatic heterocycles. The summed E-state index contributed by atoms with van der Waals surface area (Å²) in [6.07, 6.45) is 11.7. The number of rotatable bonds is 4. The van der Waals surface area contributed by atoms with E-state index < -0.39 is 17.5 Å². The first kappa shape index (κ1) is 24.8. The summed E-state index contributed by atoms with van der Waals surface area (Å²) in [7, 11) is 3.31. The van der Waals surface area contributed by atoms with E-state index in [2.05, 4.69) is 38.9 Å². The number of nitrogen functional groups attached to an aromatic ring is 1. The quantitative estimate of drug-likeness (QED) is 0.515. The molecule has 1 fully saturated rings. The molecule has 11 heteroatoms. The van der Waals surface area contributed by atoms with Crippen molar-refractivity contribution in [2.45, 2.75) is 12.8 Å². The topological polar surface area (TPSA) is 115 Å². The van der Waals surface area contributed by atoms with Gasteiger partial charge in [-0.1, -0.05) is 17.4 Å². The molecule has 0 saturated carbocycles. The van der Waals surface area contributed by atoms with Gasteiger partial charge in [0, 0.05) is 20.1 Å². The second-order valence-corrected chi connectivity index (χ2v) is 7.51. The Morgan fingerprint density at radius 1 is 1.19 bits per heavy atom. The normalized spacial score (nSPS) is 12.4. The summed E-state index contributed by atoms with van der Waals surface area (Å²) in [6, 6.07) is 3.53. The zero-order valence-corrected chi connectivity index (χ0v) is 18.6. The van der Waals surface area contributed by atoms with Gasteiger partial charge in [-0.2, -0.15) is 5.10 Å². The molecule has 5 N–H and O–H groups in total. The number of carbonyl (C=O) groups is 1. The molecule has 0 bridgehead atoms. The first-order chi connectivity index (χ1) is 15.5. The summed E-state index contributed by atoms with van der Waals surface area (Å²) in [5.41, 5.74) is 10.6. The van der Waals surface area contributed by atoms with E-state index in [0.29, 0.717) is 5.69 Å². The number of anilines is 3. The van der Waals surface area contributed by atoms with Crippen molar-refractivity contribution >= 4 is 33.8 Å². The molecule has 0 unspecified atom stereocenters. The van der Waals surface area contributed by atoms with Crippen LogP contribution in [0.3, 0.4) is 0 Å². The van der Waals surface area contributed by atoms with Gasteiger partial charge in [-0.05, 0) is 32.0 Å². The van der Waals surface area contributed by atoms with Gasteiger partial charge < -0.3 is 21.7 Å². The SMILES string of the molecule is C#C.CN.Cn1ncc(NC(=O)c2nc(-c3c(F)cccc3F)sc2N)c1N1CCCC1. The van der Waals surface area contributed by atoms with Crippen molar-refractivity contribution in [1.29, 1.82) is 0 Å². The lowest BCUT2D eigenvalue weighted by Gasteiger charge is -2.19. The summed E-state index contributed by atoms with van der Waals surface area (Å²) in [5, 5.41) is 7.09. The fraction of sp³-hybridized carbons (Fsp3) is 0.286. The van der Waals surface area contributed by atoms with E-state index in [1.165, 1.54) is 13.1 Å². The number of hydrogen-bond donors (Lipinski definition) is 3. The highest BCUT2D eigenvalue weighted by Crippen LogP contribution is 2.34. The van der Waals surface area contributed by atoms with Crippen molar-refractivity contribution in [3.8, 4) is 23.4 Å². The number of terminal acetylenes is 1. The molecule has 1 saturated heterocycles. The maximum atomic E-state index is 14.0. The fourth-order valence-electron chi connectivity index (χ4n) is 3.31. The average Bonchev–Trinajstić information content (AvgIpc) is 3.52. The molecule has 170 valence electrons. The van der Waals surface area contributed by atoms with Gasteiger partial charge in [0.15, 0.2) is 11.5 Å². The minimum absolute atomic E-state index is 0.0178. The number of nitrogens with zero attached hydrogens (tertiary/aromatic N) is 4. The smallest absolute Gasteiger partial charge is 0.277 e. The van der Waals surface area contributed by atoms with Crippen LogP contribution < -0.4 is 21.7 Å². The number of halogens is 2. The number of amides is 1. The molecule has 0 spiro atoms. The van der Waals surface area contributed by atoms with Gasteiger partial charge >= 0.3 is 0 Å². The van der Waals surface area contributed by atoms with E-state index in [-0.39, 0.29) is 21.3 Å². The van der Waals surface area contributed by atoms with E-state index in [1.54, 1.807) is 17.9 Å². The predicted molar refractivity (Wildman–Crippen MR) is 124 cm³/mol. The van der Waals surface area contributed by atoms with Crippen LogP contribution in [0.2, 0.25) is 0 Å². The lowest BCUT2D eigenvalue weighted by atomic mass is 10.2. The lowest BCUT2D eigenvalue weighted by Crippen LogP contribution is -2.23. The van der Waals surface area contributed by atoms with Gasteiger partial charge in [-0.3, -0.25) is 9.48 Å². The number of benzene rings is 1. The Bertz CT molecular complexity index is 1070. The molecule has 8 nitrogen and oxygen atoms in total. The Kier molecular flexibility index (Phi) is 8.69. The number of nitrogens with one attached hydrogen (secondary N) is 1. The molecule has 3 aromatic rings.